The number of thioether (sulfide) groups is 1. The van der Waals surface area contributed by atoms with Crippen LogP contribution < -0.4 is 0 Å². The summed E-state index contributed by atoms with van der Waals surface area (Å²) >= 11 is 1.20. The van der Waals surface area contributed by atoms with Crippen LogP contribution in [0.25, 0.3) is 0 Å². The van der Waals surface area contributed by atoms with E-state index in [0.29, 0.717) is 5.56 Å². The summed E-state index contributed by atoms with van der Waals surface area (Å²) < 4.78 is 0. The fourth-order valence-corrected chi connectivity index (χ4v) is 3.07. The lowest BCUT2D eigenvalue weighted by atomic mass is 10.1. The first-order valence-corrected chi connectivity index (χ1v) is 8.86. The molecule has 0 aliphatic heterocycles. The number of nitriles is 1. The lowest BCUT2D eigenvalue weighted by molar-refractivity contribution is 0.108. The van der Waals surface area contributed by atoms with Gasteiger partial charge in [-0.3, -0.25) is 4.79 Å². The number of benzene rings is 2. The first kappa shape index (κ1) is 17.3. The maximum atomic E-state index is 12.3. The molecule has 0 amide bonds. The van der Waals surface area contributed by atoms with Gasteiger partial charge >= 0.3 is 0 Å². The van der Waals surface area contributed by atoms with Crippen molar-refractivity contribution in [3.05, 3.63) is 65.2 Å². The molecule has 2 nitrogen and oxygen atoms in total. The second kappa shape index (κ2) is 9.17. The summed E-state index contributed by atoms with van der Waals surface area (Å²) in [5, 5.41) is 8.82. The van der Waals surface area contributed by atoms with Gasteiger partial charge < -0.3 is 0 Å². The van der Waals surface area contributed by atoms with Crippen molar-refractivity contribution in [3.8, 4) is 6.07 Å². The Kier molecular flexibility index (Phi) is 6.90. The van der Waals surface area contributed by atoms with E-state index in [0.717, 1.165) is 16.9 Å². The largest absolute Gasteiger partial charge is 0.281 e. The van der Waals surface area contributed by atoms with Gasteiger partial charge in [-0.1, -0.05) is 50.5 Å². The van der Waals surface area contributed by atoms with Crippen molar-refractivity contribution in [1.82, 2.24) is 0 Å². The van der Waals surface area contributed by atoms with Crippen LogP contribution in [0.1, 0.15) is 54.1 Å². The van der Waals surface area contributed by atoms with Crippen LogP contribution in [0, 0.1) is 11.3 Å². The third kappa shape index (κ3) is 5.58. The van der Waals surface area contributed by atoms with Crippen LogP contribution in [0.3, 0.4) is 0 Å². The summed E-state index contributed by atoms with van der Waals surface area (Å²) in [5.74, 6) is 0. The number of nitrogens with zero attached hydrogens (tertiary/aromatic N) is 1. The quantitative estimate of drug-likeness (QED) is 0.491. The van der Waals surface area contributed by atoms with E-state index >= 15 is 0 Å². The van der Waals surface area contributed by atoms with Crippen molar-refractivity contribution >= 4 is 16.9 Å². The maximum Gasteiger partial charge on any atom is 0.224 e. The maximum absolute atomic E-state index is 12.3. The minimum atomic E-state index is 0.0345. The minimum absolute atomic E-state index is 0.0345. The van der Waals surface area contributed by atoms with Crippen molar-refractivity contribution in [2.45, 2.75) is 43.9 Å². The van der Waals surface area contributed by atoms with Gasteiger partial charge in [-0.25, -0.2) is 0 Å². The molecular weight excluding hydrogens is 302 g/mol. The fraction of sp³-hybridized carbons (Fsp3) is 0.300. The molecule has 0 N–H and O–H groups in total. The molecule has 3 heteroatoms. The molecule has 0 aliphatic rings. The fourth-order valence-electron chi connectivity index (χ4n) is 2.33. The van der Waals surface area contributed by atoms with Crippen LogP contribution >= 0.6 is 11.8 Å². The van der Waals surface area contributed by atoms with Gasteiger partial charge in [0.1, 0.15) is 0 Å². The van der Waals surface area contributed by atoms with E-state index in [9.17, 15) is 4.79 Å². The average Bonchev–Trinajstić information content (AvgIpc) is 2.60. The molecule has 2 rings (SSSR count). The predicted molar refractivity (Wildman–Crippen MR) is 95.6 cm³/mol. The SMILES string of the molecule is CCCCCCc1ccc(C(=O)Sc2ccc(C#N)cc2)cc1. The standard InChI is InChI=1S/C20H21NOS/c1-2-3-4-5-6-16-7-11-18(12-8-16)20(22)23-19-13-9-17(15-21)10-14-19/h7-14H,2-6H2,1H3. The van der Waals surface area contributed by atoms with Crippen LogP contribution in [-0.4, -0.2) is 5.12 Å². The van der Waals surface area contributed by atoms with Crippen molar-refractivity contribution in [2.24, 2.45) is 0 Å². The number of hydrogen-bond acceptors (Lipinski definition) is 3. The van der Waals surface area contributed by atoms with E-state index in [1.807, 2.05) is 24.3 Å². The summed E-state index contributed by atoms with van der Waals surface area (Å²) in [7, 11) is 0. The summed E-state index contributed by atoms with van der Waals surface area (Å²) in [6.07, 6.45) is 6.10. The number of unbranched alkanes of at least 4 members (excludes halogenated alkanes) is 3. The summed E-state index contributed by atoms with van der Waals surface area (Å²) in [6.45, 7) is 2.21. The monoisotopic (exact) mass is 323 g/mol. The zero-order chi connectivity index (χ0) is 16.5. The van der Waals surface area contributed by atoms with E-state index in [2.05, 4.69) is 25.1 Å². The normalized spacial score (nSPS) is 10.3. The molecule has 0 saturated heterocycles. The Morgan fingerprint density at radius 3 is 2.30 bits per heavy atom. The highest BCUT2D eigenvalue weighted by Gasteiger charge is 2.08. The summed E-state index contributed by atoms with van der Waals surface area (Å²) in [6, 6.07) is 17.1. The van der Waals surface area contributed by atoms with Gasteiger partial charge in [0.25, 0.3) is 0 Å². The Morgan fingerprint density at radius 2 is 1.70 bits per heavy atom. The van der Waals surface area contributed by atoms with Crippen LogP contribution in [0.5, 0.6) is 0 Å². The molecule has 0 saturated carbocycles. The van der Waals surface area contributed by atoms with Gasteiger partial charge in [0, 0.05) is 10.5 Å². The number of carbonyl (C=O) groups excluding carboxylic acids is 1. The van der Waals surface area contributed by atoms with Gasteiger partial charge in [0.05, 0.1) is 11.6 Å². The second-order valence-electron chi connectivity index (χ2n) is 5.53. The Balaban J connectivity index is 1.90. The van der Waals surface area contributed by atoms with E-state index in [1.165, 1.54) is 43.0 Å². The van der Waals surface area contributed by atoms with Crippen LogP contribution in [0.2, 0.25) is 0 Å². The van der Waals surface area contributed by atoms with Crippen LogP contribution in [0.4, 0.5) is 0 Å². The zero-order valence-corrected chi connectivity index (χ0v) is 14.2. The second-order valence-corrected chi connectivity index (χ2v) is 6.58. The average molecular weight is 323 g/mol. The van der Waals surface area contributed by atoms with Crippen molar-refractivity contribution in [3.63, 3.8) is 0 Å². The smallest absolute Gasteiger partial charge is 0.224 e. The molecule has 0 atom stereocenters. The van der Waals surface area contributed by atoms with Gasteiger partial charge in [-0.15, -0.1) is 0 Å². The van der Waals surface area contributed by atoms with Gasteiger partial charge in [-0.2, -0.15) is 5.26 Å². The summed E-state index contributed by atoms with van der Waals surface area (Å²) in [5.41, 5.74) is 2.62. The van der Waals surface area contributed by atoms with Gasteiger partial charge in [-0.05, 0) is 54.4 Å². The molecule has 118 valence electrons. The Labute approximate surface area is 142 Å². The lowest BCUT2D eigenvalue weighted by Crippen LogP contribution is -1.94. The van der Waals surface area contributed by atoms with E-state index in [1.54, 1.807) is 12.1 Å². The molecule has 0 fully saturated rings. The molecule has 0 bridgehead atoms. The number of carbonyl (C=O) groups is 1. The molecule has 0 spiro atoms. The van der Waals surface area contributed by atoms with E-state index in [-0.39, 0.29) is 5.12 Å². The highest BCUT2D eigenvalue weighted by molar-refractivity contribution is 8.14. The molecule has 0 radical (unpaired) electrons. The summed E-state index contributed by atoms with van der Waals surface area (Å²) in [4.78, 5) is 13.1. The predicted octanol–water partition coefficient (Wildman–Crippen LogP) is 5.61. The third-order valence-electron chi connectivity index (χ3n) is 3.70. The molecule has 0 aliphatic carbocycles. The lowest BCUT2D eigenvalue weighted by Gasteiger charge is -2.04. The minimum Gasteiger partial charge on any atom is -0.281 e. The molecular formula is C20H21NOS. The van der Waals surface area contributed by atoms with Crippen molar-refractivity contribution < 1.29 is 4.79 Å². The molecule has 23 heavy (non-hydrogen) atoms. The highest BCUT2D eigenvalue weighted by Crippen LogP contribution is 2.23. The molecule has 0 unspecified atom stereocenters. The van der Waals surface area contributed by atoms with Gasteiger partial charge in [0.2, 0.25) is 5.12 Å². The van der Waals surface area contributed by atoms with Gasteiger partial charge in [0.15, 0.2) is 0 Å². The first-order valence-electron chi connectivity index (χ1n) is 8.04. The first-order chi connectivity index (χ1) is 11.2. The Morgan fingerprint density at radius 1 is 1.00 bits per heavy atom. The van der Waals surface area contributed by atoms with E-state index in [4.69, 9.17) is 5.26 Å². The molecule has 2 aromatic rings. The molecule has 0 heterocycles. The molecule has 0 aromatic heterocycles. The number of aryl methyl sites for hydroxylation is 1. The third-order valence-corrected chi connectivity index (χ3v) is 4.63. The highest BCUT2D eigenvalue weighted by atomic mass is 32.2. The Bertz CT molecular complexity index is 668. The van der Waals surface area contributed by atoms with Crippen molar-refractivity contribution in [1.29, 1.82) is 5.26 Å². The Hall–Kier alpha value is -2.05. The number of hydrogen-bond donors (Lipinski definition) is 0. The van der Waals surface area contributed by atoms with Crippen LogP contribution in [-0.2, 0) is 6.42 Å². The topological polar surface area (TPSA) is 40.9 Å². The van der Waals surface area contributed by atoms with Crippen molar-refractivity contribution in [2.75, 3.05) is 0 Å². The molecule has 2 aromatic carbocycles. The van der Waals surface area contributed by atoms with Crippen LogP contribution in [0.15, 0.2) is 53.4 Å². The number of rotatable bonds is 7. The van der Waals surface area contributed by atoms with E-state index < -0.39 is 0 Å². The zero-order valence-electron chi connectivity index (χ0n) is 13.4.